The minimum atomic E-state index is -0.418. The fraction of sp³-hybridized carbons (Fsp3) is 0.0667. The number of amides is 1. The minimum absolute atomic E-state index is 0.0523. The molecule has 2 aromatic rings. The van der Waals surface area contributed by atoms with Gasteiger partial charge in [0.1, 0.15) is 5.75 Å². The van der Waals surface area contributed by atoms with Gasteiger partial charge in [0.05, 0.1) is 20.8 Å². The van der Waals surface area contributed by atoms with Crippen LogP contribution in [0.15, 0.2) is 50.4 Å². The quantitative estimate of drug-likeness (QED) is 0.529. The van der Waals surface area contributed by atoms with Gasteiger partial charge in [-0.2, -0.15) is 5.10 Å². The van der Waals surface area contributed by atoms with Crippen LogP contribution in [0.3, 0.4) is 0 Å². The van der Waals surface area contributed by atoms with Gasteiger partial charge in [-0.15, -0.1) is 0 Å². The van der Waals surface area contributed by atoms with Gasteiger partial charge < -0.3 is 5.11 Å². The second kappa shape index (κ2) is 7.26. The number of rotatable bonds is 3. The lowest BCUT2D eigenvalue weighted by Gasteiger charge is -2.08. The van der Waals surface area contributed by atoms with Crippen molar-refractivity contribution in [3.8, 4) is 5.75 Å². The molecule has 0 atom stereocenters. The predicted molar refractivity (Wildman–Crippen MR) is 94.6 cm³/mol. The summed E-state index contributed by atoms with van der Waals surface area (Å²) in [6, 6.07) is 10.1. The Hall–Kier alpha value is -1.37. The highest BCUT2D eigenvalue weighted by atomic mass is 79.9. The van der Waals surface area contributed by atoms with Gasteiger partial charge in [0.25, 0.3) is 5.91 Å². The van der Waals surface area contributed by atoms with Gasteiger partial charge in [0.15, 0.2) is 0 Å². The fourth-order valence-electron chi connectivity index (χ4n) is 1.74. The Labute approximate surface area is 149 Å². The van der Waals surface area contributed by atoms with E-state index >= 15 is 0 Å². The molecule has 0 fully saturated rings. The smallest absolute Gasteiger partial charge is 0.272 e. The van der Waals surface area contributed by atoms with Crippen molar-refractivity contribution in [3.05, 3.63) is 61.5 Å². The fourth-order valence-corrected chi connectivity index (χ4v) is 3.19. The Morgan fingerprint density at radius 3 is 2.59 bits per heavy atom. The molecule has 7 heteroatoms. The van der Waals surface area contributed by atoms with Crippen molar-refractivity contribution in [2.75, 3.05) is 0 Å². The normalized spacial score (nSPS) is 11.4. The van der Waals surface area contributed by atoms with E-state index < -0.39 is 5.91 Å². The summed E-state index contributed by atoms with van der Waals surface area (Å²) in [6.45, 7) is 1.68. The summed E-state index contributed by atoms with van der Waals surface area (Å²) in [7, 11) is 0. The number of phenolic OH excluding ortho intramolecular Hbond substituents is 1. The summed E-state index contributed by atoms with van der Waals surface area (Å²) >= 11 is 12.5. The number of phenols is 1. The van der Waals surface area contributed by atoms with Crippen molar-refractivity contribution < 1.29 is 9.90 Å². The molecule has 0 aliphatic heterocycles. The van der Waals surface area contributed by atoms with Crippen LogP contribution in [0.25, 0.3) is 0 Å². The van der Waals surface area contributed by atoms with Crippen LogP contribution in [-0.4, -0.2) is 16.7 Å². The molecule has 2 rings (SSSR count). The van der Waals surface area contributed by atoms with Gasteiger partial charge in [-0.05, 0) is 47.1 Å². The summed E-state index contributed by atoms with van der Waals surface area (Å²) in [4.78, 5) is 12.0. The molecule has 114 valence electrons. The molecular weight excluding hydrogens is 435 g/mol. The van der Waals surface area contributed by atoms with Gasteiger partial charge in [0, 0.05) is 10.0 Å². The van der Waals surface area contributed by atoms with E-state index in [1.54, 1.807) is 43.3 Å². The Balaban J connectivity index is 2.24. The first-order chi connectivity index (χ1) is 10.4. The van der Waals surface area contributed by atoms with Crippen LogP contribution < -0.4 is 5.43 Å². The van der Waals surface area contributed by atoms with E-state index in [9.17, 15) is 9.90 Å². The molecule has 0 saturated heterocycles. The summed E-state index contributed by atoms with van der Waals surface area (Å²) in [5, 5.41) is 14.4. The Kier molecular flexibility index (Phi) is 5.61. The van der Waals surface area contributed by atoms with E-state index in [-0.39, 0.29) is 5.75 Å². The van der Waals surface area contributed by atoms with Gasteiger partial charge in [-0.25, -0.2) is 5.43 Å². The van der Waals surface area contributed by atoms with Gasteiger partial charge in [-0.3, -0.25) is 4.79 Å². The van der Waals surface area contributed by atoms with Crippen molar-refractivity contribution in [1.29, 1.82) is 0 Å². The molecule has 0 aliphatic rings. The van der Waals surface area contributed by atoms with Crippen LogP contribution >= 0.6 is 43.5 Å². The maximum Gasteiger partial charge on any atom is 0.272 e. The van der Waals surface area contributed by atoms with Gasteiger partial charge in [0.2, 0.25) is 0 Å². The summed E-state index contributed by atoms with van der Waals surface area (Å²) in [6.07, 6.45) is 0. The highest BCUT2D eigenvalue weighted by molar-refractivity contribution is 9.11. The number of nitrogens with zero attached hydrogens (tertiary/aromatic N) is 1. The lowest BCUT2D eigenvalue weighted by Crippen LogP contribution is -2.19. The number of benzene rings is 2. The molecule has 2 aromatic carbocycles. The number of nitrogens with one attached hydrogen (secondary N) is 1. The SMILES string of the molecule is CC(=NNC(=O)c1ccccc1Cl)c1cc(Br)cc(Br)c1O. The molecule has 22 heavy (non-hydrogen) atoms. The number of halogens is 3. The third-order valence-electron chi connectivity index (χ3n) is 2.86. The first kappa shape index (κ1) is 17.0. The Morgan fingerprint density at radius 1 is 1.23 bits per heavy atom. The molecule has 0 heterocycles. The van der Waals surface area contributed by atoms with Crippen LogP contribution in [0.2, 0.25) is 5.02 Å². The number of aromatic hydroxyl groups is 1. The highest BCUT2D eigenvalue weighted by Gasteiger charge is 2.12. The lowest BCUT2D eigenvalue weighted by atomic mass is 10.1. The average molecular weight is 447 g/mol. The molecule has 0 aliphatic carbocycles. The number of hydrazone groups is 1. The molecule has 0 unspecified atom stereocenters. The summed E-state index contributed by atoms with van der Waals surface area (Å²) in [5.41, 5.74) is 3.72. The third-order valence-corrected chi connectivity index (χ3v) is 4.25. The van der Waals surface area contributed by atoms with Gasteiger partial charge in [-0.1, -0.05) is 39.7 Å². The van der Waals surface area contributed by atoms with Crippen LogP contribution in [0.5, 0.6) is 5.75 Å². The molecule has 0 radical (unpaired) electrons. The largest absolute Gasteiger partial charge is 0.506 e. The summed E-state index contributed by atoms with van der Waals surface area (Å²) < 4.78 is 1.31. The average Bonchev–Trinajstić information content (AvgIpc) is 2.48. The van der Waals surface area contributed by atoms with E-state index in [1.807, 2.05) is 0 Å². The topological polar surface area (TPSA) is 61.7 Å². The molecule has 2 N–H and O–H groups in total. The van der Waals surface area contributed by atoms with Crippen molar-refractivity contribution in [3.63, 3.8) is 0 Å². The molecule has 0 saturated carbocycles. The summed E-state index contributed by atoms with van der Waals surface area (Å²) in [5.74, 6) is -0.366. The predicted octanol–water partition coefficient (Wildman–Crippen LogP) is 4.72. The van der Waals surface area contributed by atoms with Gasteiger partial charge >= 0.3 is 0 Å². The third kappa shape index (κ3) is 3.88. The van der Waals surface area contributed by atoms with E-state index in [0.717, 1.165) is 4.47 Å². The zero-order chi connectivity index (χ0) is 16.3. The number of carbonyl (C=O) groups excluding carboxylic acids is 1. The highest BCUT2D eigenvalue weighted by Crippen LogP contribution is 2.32. The van der Waals surface area contributed by atoms with Crippen molar-refractivity contribution in [2.45, 2.75) is 6.92 Å². The van der Waals surface area contributed by atoms with Crippen LogP contribution in [-0.2, 0) is 0 Å². The molecule has 1 amide bonds. The van der Waals surface area contributed by atoms with E-state index in [0.29, 0.717) is 26.3 Å². The number of carbonyl (C=O) groups is 1. The molecule has 0 aromatic heterocycles. The molecule has 4 nitrogen and oxygen atoms in total. The number of hydrogen-bond donors (Lipinski definition) is 2. The molecule has 0 bridgehead atoms. The zero-order valence-electron chi connectivity index (χ0n) is 11.4. The van der Waals surface area contributed by atoms with Crippen molar-refractivity contribution in [1.82, 2.24) is 5.43 Å². The maximum absolute atomic E-state index is 12.0. The van der Waals surface area contributed by atoms with Crippen molar-refractivity contribution >= 4 is 55.1 Å². The Bertz CT molecular complexity index is 763. The van der Waals surface area contributed by atoms with Crippen molar-refractivity contribution in [2.24, 2.45) is 5.10 Å². The lowest BCUT2D eigenvalue weighted by molar-refractivity contribution is 0.0955. The van der Waals surface area contributed by atoms with Crippen LogP contribution in [0.4, 0.5) is 0 Å². The first-order valence-electron chi connectivity index (χ1n) is 6.17. The standard InChI is InChI=1S/C15H11Br2ClN2O2/c1-8(11-6-9(16)7-12(17)14(11)21)19-20-15(22)10-4-2-3-5-13(10)18/h2-7,21H,1H3,(H,20,22). The Morgan fingerprint density at radius 2 is 1.91 bits per heavy atom. The van der Waals surface area contributed by atoms with E-state index in [4.69, 9.17) is 11.6 Å². The second-order valence-corrected chi connectivity index (χ2v) is 6.58. The van der Waals surface area contributed by atoms with E-state index in [2.05, 4.69) is 42.4 Å². The minimum Gasteiger partial charge on any atom is -0.506 e. The second-order valence-electron chi connectivity index (χ2n) is 4.40. The maximum atomic E-state index is 12.0. The number of hydrogen-bond acceptors (Lipinski definition) is 3. The van der Waals surface area contributed by atoms with E-state index in [1.165, 1.54) is 0 Å². The van der Waals surface area contributed by atoms with Crippen LogP contribution in [0.1, 0.15) is 22.8 Å². The first-order valence-corrected chi connectivity index (χ1v) is 8.14. The zero-order valence-corrected chi connectivity index (χ0v) is 15.3. The molecule has 0 spiro atoms. The monoisotopic (exact) mass is 444 g/mol. The molecular formula is C15H11Br2ClN2O2. The van der Waals surface area contributed by atoms with Crippen LogP contribution in [0, 0.1) is 0 Å².